The molecule has 1 aromatic carbocycles. The summed E-state index contributed by atoms with van der Waals surface area (Å²) >= 11 is 2.88. The van der Waals surface area contributed by atoms with Crippen molar-refractivity contribution >= 4 is 55.6 Å². The molecule has 0 fully saturated rings. The third-order valence-corrected chi connectivity index (χ3v) is 3.02. The van der Waals surface area contributed by atoms with Crippen LogP contribution < -0.4 is 0 Å². The quantitative estimate of drug-likeness (QED) is 0.587. The Bertz CT molecular complexity index is 403. The Hall–Kier alpha value is 0.410. The van der Waals surface area contributed by atoms with Gasteiger partial charge < -0.3 is 5.11 Å². The predicted octanol–water partition coefficient (Wildman–Crippen LogP) is 0.753. The monoisotopic (exact) mass is 276 g/mol. The third-order valence-electron chi connectivity index (χ3n) is 1.19. The number of hydrogen-bond donors (Lipinski definition) is 2. The number of phenols is 1. The van der Waals surface area contributed by atoms with Crippen LogP contribution in [-0.4, -0.2) is 47.6 Å². The molecule has 7 heteroatoms. The SMILES string of the molecule is O=S(=O)(O)c1ccc(O)cc1Br.[NaH]. The molecule has 0 heterocycles. The molecule has 4 nitrogen and oxygen atoms in total. The van der Waals surface area contributed by atoms with Crippen molar-refractivity contribution in [2.24, 2.45) is 0 Å². The molecule has 0 atom stereocenters. The molecule has 2 N–H and O–H groups in total. The second kappa shape index (κ2) is 4.77. The van der Waals surface area contributed by atoms with E-state index < -0.39 is 10.1 Å². The van der Waals surface area contributed by atoms with Crippen LogP contribution in [0.25, 0.3) is 0 Å². The molecule has 0 bridgehead atoms. The first-order valence-electron chi connectivity index (χ1n) is 2.87. The zero-order valence-corrected chi connectivity index (χ0v) is 8.13. The summed E-state index contributed by atoms with van der Waals surface area (Å²) in [6.45, 7) is 0. The minimum atomic E-state index is -4.21. The molecular formula is C6H6BrNaO4S. The average molecular weight is 277 g/mol. The van der Waals surface area contributed by atoms with Crippen LogP contribution in [0, 0.1) is 0 Å². The van der Waals surface area contributed by atoms with Crippen molar-refractivity contribution in [3.63, 3.8) is 0 Å². The van der Waals surface area contributed by atoms with E-state index in [1.54, 1.807) is 0 Å². The van der Waals surface area contributed by atoms with Crippen LogP contribution in [-0.2, 0) is 10.1 Å². The molecule has 0 aliphatic carbocycles. The van der Waals surface area contributed by atoms with E-state index in [-0.39, 0.29) is 44.7 Å². The number of benzene rings is 1. The van der Waals surface area contributed by atoms with Crippen molar-refractivity contribution in [2.75, 3.05) is 0 Å². The van der Waals surface area contributed by atoms with Gasteiger partial charge in [-0.1, -0.05) is 0 Å². The summed E-state index contributed by atoms with van der Waals surface area (Å²) in [4.78, 5) is -0.264. The summed E-state index contributed by atoms with van der Waals surface area (Å²) < 4.78 is 30.0. The van der Waals surface area contributed by atoms with Crippen LogP contribution in [0.2, 0.25) is 0 Å². The van der Waals surface area contributed by atoms with Crippen LogP contribution in [0.4, 0.5) is 0 Å². The van der Waals surface area contributed by atoms with Crippen molar-refractivity contribution in [3.05, 3.63) is 22.7 Å². The molecule has 0 aliphatic heterocycles. The first-order chi connectivity index (χ1) is 5.41. The topological polar surface area (TPSA) is 74.6 Å². The van der Waals surface area contributed by atoms with E-state index in [1.165, 1.54) is 12.1 Å². The fraction of sp³-hybridized carbons (Fsp3) is 0. The zero-order chi connectivity index (χ0) is 9.35. The minimum absolute atomic E-state index is 0. The van der Waals surface area contributed by atoms with Crippen LogP contribution in [0.15, 0.2) is 27.6 Å². The second-order valence-electron chi connectivity index (χ2n) is 2.09. The van der Waals surface area contributed by atoms with E-state index in [9.17, 15) is 8.42 Å². The summed E-state index contributed by atoms with van der Waals surface area (Å²) in [5.74, 6) is -0.0747. The van der Waals surface area contributed by atoms with Crippen molar-refractivity contribution < 1.29 is 18.1 Å². The van der Waals surface area contributed by atoms with Crippen LogP contribution in [0.3, 0.4) is 0 Å². The van der Waals surface area contributed by atoms with Gasteiger partial charge in [0.15, 0.2) is 0 Å². The van der Waals surface area contributed by atoms with Crippen molar-refractivity contribution in [1.82, 2.24) is 0 Å². The van der Waals surface area contributed by atoms with E-state index in [0.29, 0.717) is 0 Å². The van der Waals surface area contributed by atoms with E-state index in [2.05, 4.69) is 15.9 Å². The van der Waals surface area contributed by atoms with Gasteiger partial charge in [0.25, 0.3) is 10.1 Å². The standard InChI is InChI=1S/C6H5BrO4S.Na.H/c7-5-3-4(8)1-2-6(5)12(9,10)11;;/h1-3,8H,(H,9,10,11);;. The normalized spacial score (nSPS) is 10.6. The molecule has 1 aromatic rings. The predicted molar refractivity (Wildman–Crippen MR) is 52.8 cm³/mol. The first kappa shape index (κ1) is 13.4. The van der Waals surface area contributed by atoms with Gasteiger partial charge >= 0.3 is 29.6 Å². The van der Waals surface area contributed by atoms with Gasteiger partial charge in [0.1, 0.15) is 10.6 Å². The molecule has 0 aliphatic rings. The van der Waals surface area contributed by atoms with Gasteiger partial charge in [-0.3, -0.25) is 4.55 Å². The zero-order valence-electron chi connectivity index (χ0n) is 5.73. The molecule has 0 saturated carbocycles. The molecule has 0 unspecified atom stereocenters. The van der Waals surface area contributed by atoms with Crippen LogP contribution >= 0.6 is 15.9 Å². The van der Waals surface area contributed by atoms with Crippen molar-refractivity contribution in [2.45, 2.75) is 4.90 Å². The van der Waals surface area contributed by atoms with E-state index in [1.807, 2.05) is 0 Å². The maximum absolute atomic E-state index is 10.6. The molecule has 0 saturated heterocycles. The first-order valence-corrected chi connectivity index (χ1v) is 5.10. The van der Waals surface area contributed by atoms with E-state index in [4.69, 9.17) is 9.66 Å². The Balaban J connectivity index is 0.00000144. The number of hydrogen-bond acceptors (Lipinski definition) is 3. The third kappa shape index (κ3) is 3.57. The molecule has 68 valence electrons. The molecule has 0 spiro atoms. The van der Waals surface area contributed by atoms with Gasteiger partial charge in [0.2, 0.25) is 0 Å². The van der Waals surface area contributed by atoms with Gasteiger partial charge in [0, 0.05) is 4.47 Å². The molecule has 0 aromatic heterocycles. The van der Waals surface area contributed by atoms with Gasteiger partial charge in [-0.25, -0.2) is 0 Å². The summed E-state index contributed by atoms with van der Waals surface area (Å²) in [6.07, 6.45) is 0. The van der Waals surface area contributed by atoms with Crippen LogP contribution in [0.1, 0.15) is 0 Å². The Kier molecular flexibility index (Phi) is 4.92. The number of rotatable bonds is 1. The van der Waals surface area contributed by atoms with Crippen molar-refractivity contribution in [3.8, 4) is 5.75 Å². The Morgan fingerprint density at radius 1 is 1.31 bits per heavy atom. The summed E-state index contributed by atoms with van der Waals surface area (Å²) in [5.41, 5.74) is 0. The van der Waals surface area contributed by atoms with Gasteiger partial charge in [0.05, 0.1) is 0 Å². The molecule has 0 amide bonds. The summed E-state index contributed by atoms with van der Waals surface area (Å²) in [5, 5.41) is 8.90. The van der Waals surface area contributed by atoms with Gasteiger partial charge in [-0.15, -0.1) is 0 Å². The number of aromatic hydroxyl groups is 1. The number of halogens is 1. The Labute approximate surface area is 106 Å². The fourth-order valence-corrected chi connectivity index (χ4v) is 2.22. The van der Waals surface area contributed by atoms with E-state index in [0.717, 1.165) is 6.07 Å². The Morgan fingerprint density at radius 2 is 1.85 bits per heavy atom. The summed E-state index contributed by atoms with van der Waals surface area (Å²) in [6, 6.07) is 3.46. The number of phenolic OH excluding ortho intramolecular Hbond substituents is 1. The van der Waals surface area contributed by atoms with Gasteiger partial charge in [-0.2, -0.15) is 8.42 Å². The molecule has 1 rings (SSSR count). The Morgan fingerprint density at radius 3 is 2.23 bits per heavy atom. The maximum atomic E-state index is 10.6. The average Bonchev–Trinajstić information content (AvgIpc) is 1.83. The molecular weight excluding hydrogens is 271 g/mol. The molecule has 13 heavy (non-hydrogen) atoms. The van der Waals surface area contributed by atoms with Crippen LogP contribution in [0.5, 0.6) is 5.75 Å². The fourth-order valence-electron chi connectivity index (χ4n) is 0.699. The van der Waals surface area contributed by atoms with Gasteiger partial charge in [-0.05, 0) is 34.1 Å². The second-order valence-corrected chi connectivity index (χ2v) is 4.33. The summed E-state index contributed by atoms with van der Waals surface area (Å²) in [7, 11) is -4.21. The van der Waals surface area contributed by atoms with Crippen molar-refractivity contribution in [1.29, 1.82) is 0 Å². The van der Waals surface area contributed by atoms with E-state index >= 15 is 0 Å². The molecule has 0 radical (unpaired) electrons.